The molecule has 4 aromatic heterocycles. The van der Waals surface area contributed by atoms with E-state index in [1.807, 2.05) is 73.1 Å². The molecule has 6 aromatic rings. The molecular weight excluding hydrogens is 725 g/mol. The third-order valence-corrected chi connectivity index (χ3v) is 12.1. The van der Waals surface area contributed by atoms with Crippen LogP contribution in [-0.4, -0.2) is 55.4 Å². The highest BCUT2D eigenvalue weighted by Gasteiger charge is 2.33. The molecule has 10 nitrogen and oxygen atoms in total. The Hall–Kier alpha value is -5.90. The van der Waals surface area contributed by atoms with Gasteiger partial charge in [-0.3, -0.25) is 29.1 Å². The Labute approximate surface area is 340 Å². The number of rotatable bonds is 14. The van der Waals surface area contributed by atoms with Gasteiger partial charge in [-0.05, 0) is 112 Å². The number of hydrogen-bond acceptors (Lipinski definition) is 6. The summed E-state index contributed by atoms with van der Waals surface area (Å²) in [4.78, 5) is 65.2. The molecule has 4 N–H and O–H groups in total. The summed E-state index contributed by atoms with van der Waals surface area (Å²) >= 11 is 0. The number of fused-ring (bicyclic) bond motifs is 2. The van der Waals surface area contributed by atoms with Crippen LogP contribution in [0.3, 0.4) is 0 Å². The molecule has 0 saturated heterocycles. The number of pyridine rings is 2. The van der Waals surface area contributed by atoms with Crippen LogP contribution in [0, 0.1) is 11.8 Å². The first-order valence-electron chi connectivity index (χ1n) is 20.8. The zero-order valence-corrected chi connectivity index (χ0v) is 33.5. The maximum absolute atomic E-state index is 12.7. The molecule has 0 spiro atoms. The Kier molecular flexibility index (Phi) is 13.2. The summed E-state index contributed by atoms with van der Waals surface area (Å²) in [5.74, 6) is 1.03. The van der Waals surface area contributed by atoms with E-state index in [4.69, 9.17) is 0 Å². The van der Waals surface area contributed by atoms with Gasteiger partial charge in [0.2, 0.25) is 11.8 Å². The molecule has 4 heterocycles. The van der Waals surface area contributed by atoms with Crippen molar-refractivity contribution in [1.29, 1.82) is 0 Å². The van der Waals surface area contributed by atoms with Crippen LogP contribution in [0.5, 0.6) is 0 Å². The van der Waals surface area contributed by atoms with E-state index in [1.165, 1.54) is 11.1 Å². The number of ketones is 2. The molecule has 300 valence electrons. The first-order chi connectivity index (χ1) is 28.2. The normalized spacial score (nSPS) is 19.9. The van der Waals surface area contributed by atoms with Gasteiger partial charge in [-0.2, -0.15) is 0 Å². The van der Waals surface area contributed by atoms with E-state index in [2.05, 4.69) is 54.8 Å². The van der Waals surface area contributed by atoms with E-state index in [1.54, 1.807) is 26.2 Å². The van der Waals surface area contributed by atoms with Crippen molar-refractivity contribution in [3.05, 3.63) is 132 Å². The maximum Gasteiger partial charge on any atom is 0.223 e. The number of aryl methyl sites for hydroxylation is 2. The van der Waals surface area contributed by atoms with E-state index >= 15 is 0 Å². The summed E-state index contributed by atoms with van der Waals surface area (Å²) in [5.41, 5.74) is 6.69. The summed E-state index contributed by atoms with van der Waals surface area (Å²) in [7, 11) is 0. The summed E-state index contributed by atoms with van der Waals surface area (Å²) < 4.78 is 0. The quantitative estimate of drug-likeness (QED) is 0.0874. The summed E-state index contributed by atoms with van der Waals surface area (Å²) in [6.07, 6.45) is 14.7. The van der Waals surface area contributed by atoms with E-state index in [-0.39, 0.29) is 35.2 Å². The lowest BCUT2D eigenvalue weighted by Gasteiger charge is -2.16. The lowest BCUT2D eigenvalue weighted by molar-refractivity contribution is -0.129. The minimum Gasteiger partial charge on any atom is -0.358 e. The molecule has 2 fully saturated rings. The minimum atomic E-state index is -0.454. The number of aromatic amines is 2. The number of amides is 2. The van der Waals surface area contributed by atoms with Crippen molar-refractivity contribution in [2.75, 3.05) is 0 Å². The van der Waals surface area contributed by atoms with Gasteiger partial charge in [0.05, 0.1) is 12.1 Å². The number of benzene rings is 2. The third-order valence-electron chi connectivity index (χ3n) is 12.1. The van der Waals surface area contributed by atoms with E-state index in [9.17, 15) is 19.2 Å². The standard InChI is InChI=1S/2C24H27N3O2/c2*1-16(23(28)10-9-21-14-20-15-25-12-11-22(20)27-21)26-24(29)19-8-7-18(13-19)17-5-3-2-4-6-17/h2*2-6,11-12,14-16,18-19,27H,7-10,13H2,1H3,(H,26,29)/t2*16-,18+,19+/m00/s1. The summed E-state index contributed by atoms with van der Waals surface area (Å²) in [5, 5.41) is 7.99. The number of nitrogens with zero attached hydrogens (tertiary/aromatic N) is 2. The molecule has 0 aliphatic heterocycles. The maximum atomic E-state index is 12.7. The van der Waals surface area contributed by atoms with Gasteiger partial charge in [0.25, 0.3) is 0 Å². The van der Waals surface area contributed by atoms with Crippen LogP contribution in [0.4, 0.5) is 0 Å². The van der Waals surface area contributed by atoms with Gasteiger partial charge in [0, 0.05) is 82.7 Å². The molecule has 58 heavy (non-hydrogen) atoms. The fourth-order valence-corrected chi connectivity index (χ4v) is 8.60. The van der Waals surface area contributed by atoms with Crippen molar-refractivity contribution in [2.24, 2.45) is 11.8 Å². The van der Waals surface area contributed by atoms with Gasteiger partial charge in [0.15, 0.2) is 11.6 Å². The van der Waals surface area contributed by atoms with Crippen LogP contribution in [-0.2, 0) is 32.0 Å². The number of Topliss-reactive ketones (excluding diaryl/α,β-unsaturated/α-hetero) is 2. The Bertz CT molecular complexity index is 2090. The van der Waals surface area contributed by atoms with Gasteiger partial charge in [-0.25, -0.2) is 0 Å². The monoisotopic (exact) mass is 778 g/mol. The van der Waals surface area contributed by atoms with Crippen molar-refractivity contribution in [1.82, 2.24) is 30.6 Å². The van der Waals surface area contributed by atoms with Crippen LogP contribution in [0.2, 0.25) is 0 Å². The summed E-state index contributed by atoms with van der Waals surface area (Å²) in [6, 6.07) is 27.8. The molecule has 2 aromatic carbocycles. The van der Waals surface area contributed by atoms with Crippen LogP contribution in [0.25, 0.3) is 21.8 Å². The number of H-pyrrole nitrogens is 2. The molecule has 2 saturated carbocycles. The molecular formula is C48H54N6O4. The van der Waals surface area contributed by atoms with Crippen LogP contribution in [0.1, 0.15) is 99.6 Å². The zero-order chi connectivity index (χ0) is 40.4. The van der Waals surface area contributed by atoms with E-state index in [0.29, 0.717) is 37.5 Å². The van der Waals surface area contributed by atoms with Crippen LogP contribution < -0.4 is 10.6 Å². The Morgan fingerprint density at radius 3 is 1.41 bits per heavy atom. The predicted octanol–water partition coefficient (Wildman–Crippen LogP) is 8.31. The van der Waals surface area contributed by atoms with Gasteiger partial charge >= 0.3 is 0 Å². The second-order valence-corrected chi connectivity index (χ2v) is 16.1. The van der Waals surface area contributed by atoms with Crippen molar-refractivity contribution < 1.29 is 19.2 Å². The van der Waals surface area contributed by atoms with Crippen LogP contribution in [0.15, 0.2) is 110 Å². The highest BCUT2D eigenvalue weighted by Crippen LogP contribution is 2.39. The first kappa shape index (κ1) is 40.3. The average Bonchev–Trinajstić information content (AvgIpc) is 4.09. The first-order valence-corrected chi connectivity index (χ1v) is 20.8. The Balaban J connectivity index is 0.000000177. The second-order valence-electron chi connectivity index (χ2n) is 16.1. The molecule has 10 heteroatoms. The van der Waals surface area contributed by atoms with Crippen molar-refractivity contribution >= 4 is 45.2 Å². The number of aromatic nitrogens is 4. The third kappa shape index (κ3) is 10.3. The Morgan fingerprint density at radius 2 is 1.02 bits per heavy atom. The predicted molar refractivity (Wildman–Crippen MR) is 227 cm³/mol. The minimum absolute atomic E-state index is 0.00309. The number of carbonyl (C=O) groups excluding carboxylic acids is 4. The second kappa shape index (κ2) is 19.0. The van der Waals surface area contributed by atoms with Crippen molar-refractivity contribution in [2.45, 2.75) is 102 Å². The fraction of sp³-hybridized carbons (Fsp3) is 0.375. The molecule has 2 aliphatic rings. The highest BCUT2D eigenvalue weighted by atomic mass is 16.2. The van der Waals surface area contributed by atoms with E-state index in [0.717, 1.165) is 71.7 Å². The molecule has 6 atom stereocenters. The lowest BCUT2D eigenvalue weighted by atomic mass is 9.96. The number of carbonyl (C=O) groups is 4. The molecule has 8 rings (SSSR count). The SMILES string of the molecule is C[C@H](NC(=O)[C@@H]1CC[C@@H](c2ccccc2)C1)C(=O)CCc1cc2cnccc2[nH]1.C[C@H](NC(=O)[C@@H]1CC[C@@H](c2ccccc2)C1)C(=O)CCc1cc2cnccc2[nH]1. The van der Waals surface area contributed by atoms with Gasteiger partial charge in [0.1, 0.15) is 0 Å². The van der Waals surface area contributed by atoms with Crippen molar-refractivity contribution in [3.8, 4) is 0 Å². The molecule has 2 aliphatic carbocycles. The van der Waals surface area contributed by atoms with Crippen LogP contribution >= 0.6 is 0 Å². The molecule has 0 bridgehead atoms. The number of hydrogen-bond donors (Lipinski definition) is 4. The molecule has 0 unspecified atom stereocenters. The topological polar surface area (TPSA) is 150 Å². The highest BCUT2D eigenvalue weighted by molar-refractivity contribution is 5.91. The molecule has 2 amide bonds. The smallest absolute Gasteiger partial charge is 0.223 e. The lowest BCUT2D eigenvalue weighted by Crippen LogP contribution is -2.41. The fourth-order valence-electron chi connectivity index (χ4n) is 8.60. The summed E-state index contributed by atoms with van der Waals surface area (Å²) in [6.45, 7) is 3.58. The Morgan fingerprint density at radius 1 is 0.603 bits per heavy atom. The van der Waals surface area contributed by atoms with Gasteiger partial charge in [-0.1, -0.05) is 60.7 Å². The zero-order valence-electron chi connectivity index (χ0n) is 33.5. The van der Waals surface area contributed by atoms with E-state index < -0.39 is 12.1 Å². The van der Waals surface area contributed by atoms with Crippen molar-refractivity contribution in [3.63, 3.8) is 0 Å². The molecule has 0 radical (unpaired) electrons. The van der Waals surface area contributed by atoms with Gasteiger partial charge in [-0.15, -0.1) is 0 Å². The van der Waals surface area contributed by atoms with Gasteiger partial charge < -0.3 is 20.6 Å². The largest absolute Gasteiger partial charge is 0.358 e. The average molecular weight is 779 g/mol. The number of nitrogens with one attached hydrogen (secondary N) is 4.